The summed E-state index contributed by atoms with van der Waals surface area (Å²) in [7, 11) is 1.56. The summed E-state index contributed by atoms with van der Waals surface area (Å²) in [6, 6.07) is 10.5. The van der Waals surface area contributed by atoms with Gasteiger partial charge in [-0.1, -0.05) is 17.8 Å². The molecular weight excluding hydrogens is 438 g/mol. The highest BCUT2D eigenvalue weighted by molar-refractivity contribution is 7.98. The van der Waals surface area contributed by atoms with Gasteiger partial charge in [-0.05, 0) is 34.7 Å². The first-order valence-electron chi connectivity index (χ1n) is 9.99. The minimum Gasteiger partial charge on any atom is -0.497 e. The van der Waals surface area contributed by atoms with E-state index in [2.05, 4.69) is 20.8 Å². The molecule has 11 nitrogen and oxygen atoms in total. The van der Waals surface area contributed by atoms with Crippen LogP contribution < -0.4 is 10.1 Å². The average molecular weight is 459 g/mol. The van der Waals surface area contributed by atoms with Crippen molar-refractivity contribution in [2.75, 3.05) is 25.6 Å². The molecule has 12 heteroatoms. The Morgan fingerprint density at radius 3 is 3.00 bits per heavy atom. The Labute approximate surface area is 187 Å². The van der Waals surface area contributed by atoms with Crippen LogP contribution in [0.25, 0.3) is 0 Å². The molecule has 5 rings (SSSR count). The number of nitrogens with zero attached hydrogens (tertiary/aromatic N) is 4. The van der Waals surface area contributed by atoms with Crippen molar-refractivity contribution in [2.45, 2.75) is 35.3 Å². The molecule has 168 valence electrons. The van der Waals surface area contributed by atoms with E-state index in [0.29, 0.717) is 29.0 Å². The zero-order valence-electron chi connectivity index (χ0n) is 17.1. The van der Waals surface area contributed by atoms with Crippen molar-refractivity contribution < 1.29 is 28.2 Å². The highest BCUT2D eigenvalue weighted by atomic mass is 32.2. The SMILES string of the molecule is COc1cccc(NC(=O)O[C@@H]2CO[C@H]3[C@@H]2OC[C@@H]3n2nnnc2SCc2ccco2)c1. The van der Waals surface area contributed by atoms with Gasteiger partial charge in [0.05, 0.1) is 32.3 Å². The van der Waals surface area contributed by atoms with Crippen molar-refractivity contribution in [3.63, 3.8) is 0 Å². The number of carbonyl (C=O) groups is 1. The second-order valence-corrected chi connectivity index (χ2v) is 8.18. The van der Waals surface area contributed by atoms with Gasteiger partial charge < -0.3 is 23.4 Å². The van der Waals surface area contributed by atoms with Crippen molar-refractivity contribution in [3.05, 3.63) is 48.4 Å². The molecule has 3 aromatic rings. The van der Waals surface area contributed by atoms with Crippen LogP contribution >= 0.6 is 11.8 Å². The van der Waals surface area contributed by atoms with E-state index >= 15 is 0 Å². The van der Waals surface area contributed by atoms with E-state index in [1.807, 2.05) is 12.1 Å². The van der Waals surface area contributed by atoms with E-state index < -0.39 is 18.3 Å². The van der Waals surface area contributed by atoms with Crippen LogP contribution in [0.2, 0.25) is 0 Å². The fourth-order valence-electron chi connectivity index (χ4n) is 3.76. The molecule has 1 N–H and O–H groups in total. The van der Waals surface area contributed by atoms with Gasteiger partial charge in [-0.15, -0.1) is 5.10 Å². The lowest BCUT2D eigenvalue weighted by molar-refractivity contribution is 0.00751. The molecule has 0 aliphatic carbocycles. The number of tetrazole rings is 1. The number of rotatable bonds is 7. The molecule has 0 radical (unpaired) electrons. The van der Waals surface area contributed by atoms with Crippen LogP contribution in [0.3, 0.4) is 0 Å². The first kappa shape index (κ1) is 20.8. The summed E-state index contributed by atoms with van der Waals surface area (Å²) >= 11 is 1.46. The smallest absolute Gasteiger partial charge is 0.412 e. The number of anilines is 1. The Balaban J connectivity index is 1.20. The molecule has 1 aromatic carbocycles. The van der Waals surface area contributed by atoms with Crippen LogP contribution in [0.4, 0.5) is 10.5 Å². The van der Waals surface area contributed by atoms with Gasteiger partial charge in [0.25, 0.3) is 0 Å². The highest BCUT2D eigenvalue weighted by Crippen LogP contribution is 2.37. The minimum atomic E-state index is -0.586. The third-order valence-electron chi connectivity index (χ3n) is 5.26. The summed E-state index contributed by atoms with van der Waals surface area (Å²) in [6.45, 7) is 0.584. The van der Waals surface area contributed by atoms with Crippen LogP contribution in [-0.4, -0.2) is 64.9 Å². The lowest BCUT2D eigenvalue weighted by Crippen LogP contribution is -2.35. The Kier molecular flexibility index (Phi) is 5.97. The van der Waals surface area contributed by atoms with E-state index in [-0.39, 0.29) is 18.8 Å². The van der Waals surface area contributed by atoms with Gasteiger partial charge in [0.1, 0.15) is 29.8 Å². The van der Waals surface area contributed by atoms with E-state index in [4.69, 9.17) is 23.4 Å². The zero-order chi connectivity index (χ0) is 21.9. The van der Waals surface area contributed by atoms with Crippen molar-refractivity contribution in [3.8, 4) is 5.75 Å². The Morgan fingerprint density at radius 1 is 1.25 bits per heavy atom. The number of hydrogen-bond donors (Lipinski definition) is 1. The molecule has 4 heterocycles. The second-order valence-electron chi connectivity index (χ2n) is 7.24. The molecule has 2 saturated heterocycles. The summed E-state index contributed by atoms with van der Waals surface area (Å²) in [4.78, 5) is 12.4. The first-order valence-corrected chi connectivity index (χ1v) is 11.0. The maximum atomic E-state index is 12.4. The van der Waals surface area contributed by atoms with Gasteiger partial charge in [-0.2, -0.15) is 0 Å². The number of furan rings is 1. The Morgan fingerprint density at radius 2 is 2.16 bits per heavy atom. The third kappa shape index (κ3) is 4.29. The number of hydrogen-bond acceptors (Lipinski definition) is 10. The Bertz CT molecular complexity index is 1060. The molecule has 2 fully saturated rings. The van der Waals surface area contributed by atoms with Crippen LogP contribution in [0.1, 0.15) is 11.8 Å². The van der Waals surface area contributed by atoms with Gasteiger partial charge in [0.15, 0.2) is 6.10 Å². The minimum absolute atomic E-state index is 0.218. The molecule has 2 aliphatic heterocycles. The van der Waals surface area contributed by atoms with Gasteiger partial charge in [-0.25, -0.2) is 9.48 Å². The molecule has 2 aromatic heterocycles. The van der Waals surface area contributed by atoms with E-state index in [9.17, 15) is 4.79 Å². The molecule has 1 amide bonds. The molecular formula is C20H21N5O6S. The molecule has 0 unspecified atom stereocenters. The number of amides is 1. The Hall–Kier alpha value is -3.09. The van der Waals surface area contributed by atoms with Crippen LogP contribution in [0, 0.1) is 0 Å². The summed E-state index contributed by atoms with van der Waals surface area (Å²) in [5.74, 6) is 2.07. The highest BCUT2D eigenvalue weighted by Gasteiger charge is 2.51. The predicted molar refractivity (Wildman–Crippen MR) is 111 cm³/mol. The molecule has 0 spiro atoms. The van der Waals surface area contributed by atoms with Gasteiger partial charge >= 0.3 is 6.09 Å². The summed E-state index contributed by atoms with van der Waals surface area (Å²) in [5, 5.41) is 15.4. The van der Waals surface area contributed by atoms with Crippen molar-refractivity contribution in [2.24, 2.45) is 0 Å². The number of aromatic nitrogens is 4. The maximum absolute atomic E-state index is 12.4. The zero-order valence-corrected chi connectivity index (χ0v) is 17.9. The maximum Gasteiger partial charge on any atom is 0.412 e. The standard InChI is InChI=1S/C20H21N5O6S/c1-27-13-5-2-4-12(8-13)21-20(26)31-16-10-30-17-15(9-29-18(16)17)25-19(22-23-24-25)32-11-14-6-3-7-28-14/h2-8,15-18H,9-11H2,1H3,(H,21,26)/t15-,16+,17+,18+/m0/s1. The fraction of sp³-hybridized carbons (Fsp3) is 0.400. The molecule has 0 bridgehead atoms. The predicted octanol–water partition coefficient (Wildman–Crippen LogP) is 2.52. The number of benzene rings is 1. The van der Waals surface area contributed by atoms with Gasteiger partial charge in [-0.3, -0.25) is 5.32 Å². The fourth-order valence-corrected chi connectivity index (χ4v) is 4.59. The molecule has 4 atom stereocenters. The summed E-state index contributed by atoms with van der Waals surface area (Å²) in [6.07, 6.45) is -0.215. The monoisotopic (exact) mass is 459 g/mol. The number of thioether (sulfide) groups is 1. The van der Waals surface area contributed by atoms with E-state index in [0.717, 1.165) is 5.76 Å². The van der Waals surface area contributed by atoms with E-state index in [1.54, 1.807) is 42.3 Å². The number of fused-ring (bicyclic) bond motifs is 1. The number of methoxy groups -OCH3 is 1. The van der Waals surface area contributed by atoms with Crippen LogP contribution in [0.15, 0.2) is 52.2 Å². The topological polar surface area (TPSA) is 123 Å². The van der Waals surface area contributed by atoms with Crippen molar-refractivity contribution >= 4 is 23.5 Å². The number of carbonyl (C=O) groups excluding carboxylic acids is 1. The third-order valence-corrected chi connectivity index (χ3v) is 6.21. The summed E-state index contributed by atoms with van der Waals surface area (Å²) < 4.78 is 29.7. The largest absolute Gasteiger partial charge is 0.497 e. The molecule has 32 heavy (non-hydrogen) atoms. The average Bonchev–Trinajstić information content (AvgIpc) is 3.58. The van der Waals surface area contributed by atoms with Crippen LogP contribution in [-0.2, 0) is 20.0 Å². The van der Waals surface area contributed by atoms with Gasteiger partial charge in [0, 0.05) is 11.8 Å². The first-order chi connectivity index (χ1) is 15.7. The molecule has 2 aliphatic rings. The van der Waals surface area contributed by atoms with Crippen molar-refractivity contribution in [1.82, 2.24) is 20.2 Å². The van der Waals surface area contributed by atoms with E-state index in [1.165, 1.54) is 11.8 Å². The lowest BCUT2D eigenvalue weighted by Gasteiger charge is -2.17. The van der Waals surface area contributed by atoms with Gasteiger partial charge in [0.2, 0.25) is 5.16 Å². The van der Waals surface area contributed by atoms with Crippen molar-refractivity contribution in [1.29, 1.82) is 0 Å². The number of nitrogens with one attached hydrogen (secondary N) is 1. The normalized spacial score (nSPS) is 24.3. The van der Waals surface area contributed by atoms with Crippen LogP contribution in [0.5, 0.6) is 5.75 Å². The lowest BCUT2D eigenvalue weighted by atomic mass is 10.1. The number of ether oxygens (including phenoxy) is 4. The molecule has 0 saturated carbocycles. The summed E-state index contributed by atoms with van der Waals surface area (Å²) in [5.41, 5.74) is 0.571. The second kappa shape index (κ2) is 9.18. The quantitative estimate of drug-likeness (QED) is 0.527.